The van der Waals surface area contributed by atoms with E-state index >= 15 is 0 Å². The Labute approximate surface area is 135 Å². The molecule has 0 unspecified atom stereocenters. The van der Waals surface area contributed by atoms with E-state index in [-0.39, 0.29) is 5.69 Å². The number of piperidine rings is 1. The quantitative estimate of drug-likeness (QED) is 0.939. The summed E-state index contributed by atoms with van der Waals surface area (Å²) >= 11 is 0. The number of hydrogen-bond donors (Lipinski definition) is 1. The van der Waals surface area contributed by atoms with Crippen molar-refractivity contribution in [2.75, 3.05) is 25.1 Å². The zero-order valence-corrected chi connectivity index (χ0v) is 13.1. The molecule has 0 spiro atoms. The van der Waals surface area contributed by atoms with Crippen LogP contribution >= 0.6 is 0 Å². The fraction of sp³-hybridized carbons (Fsp3) is 0.333. The number of methoxy groups -OCH3 is 1. The molecule has 1 fully saturated rings. The first-order chi connectivity index (χ1) is 11.2. The van der Waals surface area contributed by atoms with Crippen LogP contribution in [0.5, 0.6) is 5.75 Å². The third kappa shape index (κ3) is 3.44. The Morgan fingerprint density at radius 3 is 2.65 bits per heavy atom. The topological polar surface area (TPSA) is 62.7 Å². The third-order valence-electron chi connectivity index (χ3n) is 4.34. The SMILES string of the molecule is COc1cccc(C2CCN(c3cccc(C(=O)O)n3)CC2)c1. The number of carboxylic acids is 1. The molecule has 2 aromatic rings. The molecule has 1 aromatic carbocycles. The van der Waals surface area contributed by atoms with Crippen LogP contribution in [0.25, 0.3) is 0 Å². The molecule has 1 N–H and O–H groups in total. The molecule has 1 aliphatic rings. The van der Waals surface area contributed by atoms with E-state index in [9.17, 15) is 4.79 Å². The molecule has 0 radical (unpaired) electrons. The largest absolute Gasteiger partial charge is 0.497 e. The van der Waals surface area contributed by atoms with Crippen molar-refractivity contribution in [2.45, 2.75) is 18.8 Å². The zero-order valence-electron chi connectivity index (χ0n) is 13.1. The summed E-state index contributed by atoms with van der Waals surface area (Å²) in [5.41, 5.74) is 1.40. The molecule has 0 atom stereocenters. The van der Waals surface area contributed by atoms with Gasteiger partial charge in [0.25, 0.3) is 0 Å². The number of aromatic nitrogens is 1. The molecule has 2 heterocycles. The van der Waals surface area contributed by atoms with Gasteiger partial charge in [-0.25, -0.2) is 9.78 Å². The number of aromatic carboxylic acids is 1. The number of pyridine rings is 1. The lowest BCUT2D eigenvalue weighted by Gasteiger charge is -2.33. The predicted octanol–water partition coefficient (Wildman–Crippen LogP) is 3.17. The van der Waals surface area contributed by atoms with Crippen LogP contribution in [0.3, 0.4) is 0 Å². The van der Waals surface area contributed by atoms with Crippen molar-refractivity contribution in [1.82, 2.24) is 4.98 Å². The molecule has 5 heteroatoms. The maximum Gasteiger partial charge on any atom is 0.354 e. The molecule has 1 aromatic heterocycles. The van der Waals surface area contributed by atoms with Crippen LogP contribution in [0.1, 0.15) is 34.8 Å². The second-order valence-corrected chi connectivity index (χ2v) is 5.72. The standard InChI is InChI=1S/C18H20N2O3/c1-23-15-5-2-4-14(12-15)13-8-10-20(11-9-13)17-7-3-6-16(19-17)18(21)22/h2-7,12-13H,8-11H2,1H3,(H,21,22). The number of nitrogens with zero attached hydrogens (tertiary/aromatic N) is 2. The van der Waals surface area contributed by atoms with Crippen molar-refractivity contribution in [3.8, 4) is 5.75 Å². The second-order valence-electron chi connectivity index (χ2n) is 5.72. The smallest absolute Gasteiger partial charge is 0.354 e. The molecular weight excluding hydrogens is 292 g/mol. The van der Waals surface area contributed by atoms with Gasteiger partial charge in [-0.15, -0.1) is 0 Å². The average molecular weight is 312 g/mol. The van der Waals surface area contributed by atoms with Gasteiger partial charge in [0.2, 0.25) is 0 Å². The highest BCUT2D eigenvalue weighted by Gasteiger charge is 2.22. The average Bonchev–Trinajstić information content (AvgIpc) is 2.62. The van der Waals surface area contributed by atoms with E-state index in [0.717, 1.165) is 37.5 Å². The summed E-state index contributed by atoms with van der Waals surface area (Å²) in [4.78, 5) is 17.4. The maximum absolute atomic E-state index is 11.0. The van der Waals surface area contributed by atoms with Crippen molar-refractivity contribution in [3.63, 3.8) is 0 Å². The van der Waals surface area contributed by atoms with Crippen molar-refractivity contribution >= 4 is 11.8 Å². The van der Waals surface area contributed by atoms with Crippen molar-refractivity contribution < 1.29 is 14.6 Å². The fourth-order valence-corrected chi connectivity index (χ4v) is 3.06. The molecule has 0 saturated carbocycles. The van der Waals surface area contributed by atoms with Crippen molar-refractivity contribution in [3.05, 3.63) is 53.7 Å². The van der Waals surface area contributed by atoms with Crippen LogP contribution in [0.15, 0.2) is 42.5 Å². The lowest BCUT2D eigenvalue weighted by atomic mass is 9.89. The van der Waals surface area contributed by atoms with Gasteiger partial charge in [0, 0.05) is 13.1 Å². The molecule has 120 valence electrons. The summed E-state index contributed by atoms with van der Waals surface area (Å²) in [7, 11) is 1.68. The highest BCUT2D eigenvalue weighted by molar-refractivity contribution is 5.85. The van der Waals surface area contributed by atoms with E-state index in [1.807, 2.05) is 18.2 Å². The predicted molar refractivity (Wildman–Crippen MR) is 88.4 cm³/mol. The summed E-state index contributed by atoms with van der Waals surface area (Å²) in [5.74, 6) is 1.15. The number of carboxylic acid groups (broad SMARTS) is 1. The van der Waals surface area contributed by atoms with E-state index in [0.29, 0.717) is 5.92 Å². The summed E-state index contributed by atoms with van der Waals surface area (Å²) in [6, 6.07) is 13.4. The molecule has 0 bridgehead atoms. The molecule has 23 heavy (non-hydrogen) atoms. The van der Waals surface area contributed by atoms with Gasteiger partial charge in [-0.3, -0.25) is 0 Å². The Balaban J connectivity index is 1.68. The first-order valence-electron chi connectivity index (χ1n) is 7.76. The van der Waals surface area contributed by atoms with E-state index in [2.05, 4.69) is 22.0 Å². The number of carbonyl (C=O) groups is 1. The van der Waals surface area contributed by atoms with Gasteiger partial charge in [-0.2, -0.15) is 0 Å². The Morgan fingerprint density at radius 1 is 1.22 bits per heavy atom. The van der Waals surface area contributed by atoms with E-state index in [1.54, 1.807) is 13.2 Å². The molecule has 0 amide bonds. The molecule has 1 saturated heterocycles. The van der Waals surface area contributed by atoms with Crippen LogP contribution < -0.4 is 9.64 Å². The van der Waals surface area contributed by atoms with Crippen LogP contribution in [0, 0.1) is 0 Å². The Bertz CT molecular complexity index is 694. The lowest BCUT2D eigenvalue weighted by molar-refractivity contribution is 0.0690. The summed E-state index contributed by atoms with van der Waals surface area (Å²) in [6.07, 6.45) is 2.04. The van der Waals surface area contributed by atoms with Gasteiger partial charge in [-0.05, 0) is 48.6 Å². The first kappa shape index (κ1) is 15.3. The van der Waals surface area contributed by atoms with E-state index < -0.39 is 5.97 Å². The number of ether oxygens (including phenoxy) is 1. The molecular formula is C18H20N2O3. The van der Waals surface area contributed by atoms with Crippen LogP contribution in [0.2, 0.25) is 0 Å². The van der Waals surface area contributed by atoms with E-state index in [4.69, 9.17) is 9.84 Å². The normalized spacial score (nSPS) is 15.4. The molecule has 5 nitrogen and oxygen atoms in total. The number of hydrogen-bond acceptors (Lipinski definition) is 4. The molecule has 0 aliphatic carbocycles. The zero-order chi connectivity index (χ0) is 16.2. The number of benzene rings is 1. The second kappa shape index (κ2) is 6.69. The van der Waals surface area contributed by atoms with Crippen molar-refractivity contribution in [2.24, 2.45) is 0 Å². The number of rotatable bonds is 4. The van der Waals surface area contributed by atoms with Gasteiger partial charge < -0.3 is 14.7 Å². The van der Waals surface area contributed by atoms with Gasteiger partial charge in [0.15, 0.2) is 5.69 Å². The summed E-state index contributed by atoms with van der Waals surface area (Å²) < 4.78 is 5.30. The first-order valence-corrected chi connectivity index (χ1v) is 7.76. The summed E-state index contributed by atoms with van der Waals surface area (Å²) in [6.45, 7) is 1.75. The molecule has 3 rings (SSSR count). The van der Waals surface area contributed by atoms with Crippen LogP contribution in [-0.2, 0) is 0 Å². The van der Waals surface area contributed by atoms with Gasteiger partial charge in [-0.1, -0.05) is 18.2 Å². The van der Waals surface area contributed by atoms with Crippen LogP contribution in [-0.4, -0.2) is 36.3 Å². The number of anilines is 1. The maximum atomic E-state index is 11.0. The summed E-state index contributed by atoms with van der Waals surface area (Å²) in [5, 5.41) is 9.05. The fourth-order valence-electron chi connectivity index (χ4n) is 3.06. The monoisotopic (exact) mass is 312 g/mol. The van der Waals surface area contributed by atoms with Gasteiger partial charge >= 0.3 is 5.97 Å². The Morgan fingerprint density at radius 2 is 1.96 bits per heavy atom. The highest BCUT2D eigenvalue weighted by atomic mass is 16.5. The Hall–Kier alpha value is -2.56. The van der Waals surface area contributed by atoms with Gasteiger partial charge in [0.1, 0.15) is 11.6 Å². The lowest BCUT2D eigenvalue weighted by Crippen LogP contribution is -2.33. The minimum absolute atomic E-state index is 0.0948. The molecule has 1 aliphatic heterocycles. The minimum atomic E-state index is -0.988. The van der Waals surface area contributed by atoms with Gasteiger partial charge in [0.05, 0.1) is 7.11 Å². The van der Waals surface area contributed by atoms with E-state index in [1.165, 1.54) is 11.6 Å². The Kier molecular flexibility index (Phi) is 4.46. The van der Waals surface area contributed by atoms with Crippen molar-refractivity contribution in [1.29, 1.82) is 0 Å². The minimum Gasteiger partial charge on any atom is -0.497 e. The van der Waals surface area contributed by atoms with Crippen LogP contribution in [0.4, 0.5) is 5.82 Å². The highest BCUT2D eigenvalue weighted by Crippen LogP contribution is 2.31. The third-order valence-corrected chi connectivity index (χ3v) is 4.34.